The molecule has 2 aliphatic heterocycles. The SMILES string of the molecule is C#C.C#C.C1CCCCC1.CCCc1nc(C(C)OC)sc1[C@@H]1C[NH2+]CC1C(=O)N1CCCCC1. The number of quaternary nitrogens is 1. The average Bonchev–Trinajstić information content (AvgIpc) is 3.59. The molecule has 2 N–H and O–H groups in total. The molecular formula is C29H48N3O2S+. The lowest BCUT2D eigenvalue weighted by molar-refractivity contribution is -0.638. The predicted molar refractivity (Wildman–Crippen MR) is 147 cm³/mol. The molecule has 0 bridgehead atoms. The van der Waals surface area contributed by atoms with Crippen LogP contribution in [-0.4, -0.2) is 49.1 Å². The van der Waals surface area contributed by atoms with Gasteiger partial charge in [0.1, 0.15) is 17.0 Å². The first-order valence-corrected chi connectivity index (χ1v) is 14.3. The van der Waals surface area contributed by atoms with Crippen LogP contribution >= 0.6 is 11.3 Å². The van der Waals surface area contributed by atoms with Gasteiger partial charge in [-0.05, 0) is 32.6 Å². The number of nitrogens with zero attached hydrogens (tertiary/aromatic N) is 2. The minimum Gasteiger partial charge on any atom is -0.375 e. The Labute approximate surface area is 218 Å². The fourth-order valence-electron chi connectivity index (χ4n) is 5.12. The molecule has 0 radical (unpaired) electrons. The largest absolute Gasteiger partial charge is 0.375 e. The van der Waals surface area contributed by atoms with E-state index in [4.69, 9.17) is 9.72 Å². The lowest BCUT2D eigenvalue weighted by atomic mass is 9.91. The number of aryl methyl sites for hydroxylation is 1. The third-order valence-corrected chi connectivity index (χ3v) is 8.47. The zero-order chi connectivity index (χ0) is 26.1. The molecule has 0 spiro atoms. The molecule has 4 rings (SSSR count). The van der Waals surface area contributed by atoms with Gasteiger partial charge in [-0.25, -0.2) is 4.98 Å². The predicted octanol–water partition coefficient (Wildman–Crippen LogP) is 4.93. The number of terminal acetylenes is 2. The van der Waals surface area contributed by atoms with Crippen molar-refractivity contribution in [3.8, 4) is 25.7 Å². The quantitative estimate of drug-likeness (QED) is 0.561. The fraction of sp³-hybridized carbons (Fsp3) is 0.724. The Morgan fingerprint density at radius 1 is 1.03 bits per heavy atom. The Bertz CT molecular complexity index is 730. The minimum absolute atomic E-state index is 0.0241. The van der Waals surface area contributed by atoms with Crippen LogP contribution in [0.5, 0.6) is 0 Å². The van der Waals surface area contributed by atoms with Gasteiger partial charge in [0.15, 0.2) is 0 Å². The average molecular weight is 503 g/mol. The van der Waals surface area contributed by atoms with E-state index in [0.717, 1.165) is 56.9 Å². The maximum Gasteiger partial charge on any atom is 0.232 e. The number of nitrogens with two attached hydrogens (primary N) is 1. The van der Waals surface area contributed by atoms with Crippen molar-refractivity contribution in [2.75, 3.05) is 33.3 Å². The second-order valence-electron chi connectivity index (χ2n) is 9.47. The number of ether oxygens (including phenoxy) is 1. The molecule has 2 unspecified atom stereocenters. The van der Waals surface area contributed by atoms with Crippen LogP contribution in [0, 0.1) is 31.6 Å². The Morgan fingerprint density at radius 3 is 2.09 bits per heavy atom. The summed E-state index contributed by atoms with van der Waals surface area (Å²) in [5.41, 5.74) is 1.20. The molecule has 1 aromatic rings. The van der Waals surface area contributed by atoms with E-state index in [1.165, 1.54) is 55.5 Å². The summed E-state index contributed by atoms with van der Waals surface area (Å²) in [6.45, 7) is 8.05. The Hall–Kier alpha value is -1.86. The van der Waals surface area contributed by atoms with Crippen molar-refractivity contribution in [3.05, 3.63) is 15.6 Å². The van der Waals surface area contributed by atoms with E-state index in [9.17, 15) is 4.79 Å². The summed E-state index contributed by atoms with van der Waals surface area (Å²) in [6.07, 6.45) is 30.7. The van der Waals surface area contributed by atoms with Crippen molar-refractivity contribution >= 4 is 17.2 Å². The number of thiazole rings is 1. The van der Waals surface area contributed by atoms with Gasteiger partial charge < -0.3 is 15.0 Å². The van der Waals surface area contributed by atoms with Crippen LogP contribution in [-0.2, 0) is 16.0 Å². The summed E-state index contributed by atoms with van der Waals surface area (Å²) >= 11 is 1.77. The molecule has 3 fully saturated rings. The first-order valence-electron chi connectivity index (χ1n) is 13.4. The first kappa shape index (κ1) is 31.2. The van der Waals surface area contributed by atoms with E-state index in [-0.39, 0.29) is 12.0 Å². The number of piperidine rings is 1. The zero-order valence-corrected chi connectivity index (χ0v) is 23.2. The number of carbonyl (C=O) groups is 1. The zero-order valence-electron chi connectivity index (χ0n) is 22.3. The number of rotatable bonds is 6. The van der Waals surface area contributed by atoms with Crippen LogP contribution in [0.4, 0.5) is 0 Å². The molecule has 5 nitrogen and oxygen atoms in total. The van der Waals surface area contributed by atoms with Gasteiger partial charge in [-0.15, -0.1) is 37.0 Å². The Balaban J connectivity index is 0.000000519. The summed E-state index contributed by atoms with van der Waals surface area (Å²) in [6, 6.07) is 0. The molecule has 2 saturated heterocycles. The topological polar surface area (TPSA) is 59.0 Å². The third kappa shape index (κ3) is 9.60. The number of aromatic nitrogens is 1. The van der Waals surface area contributed by atoms with E-state index in [1.807, 2.05) is 0 Å². The maximum absolute atomic E-state index is 13.1. The monoisotopic (exact) mass is 502 g/mol. The highest BCUT2D eigenvalue weighted by Crippen LogP contribution is 2.37. The van der Waals surface area contributed by atoms with Crippen LogP contribution in [0.2, 0.25) is 0 Å². The number of likely N-dealkylation sites (tertiary alicyclic amines) is 1. The molecule has 6 heteroatoms. The second kappa shape index (κ2) is 18.4. The highest BCUT2D eigenvalue weighted by Gasteiger charge is 2.42. The summed E-state index contributed by atoms with van der Waals surface area (Å²) in [5, 5.41) is 3.36. The van der Waals surface area contributed by atoms with Gasteiger partial charge in [0.2, 0.25) is 5.91 Å². The van der Waals surface area contributed by atoms with Crippen LogP contribution in [0.3, 0.4) is 0 Å². The molecule has 35 heavy (non-hydrogen) atoms. The fourth-order valence-corrected chi connectivity index (χ4v) is 6.44. The van der Waals surface area contributed by atoms with Crippen molar-refractivity contribution in [2.24, 2.45) is 5.92 Å². The summed E-state index contributed by atoms with van der Waals surface area (Å²) in [7, 11) is 1.73. The van der Waals surface area contributed by atoms with Crippen molar-refractivity contribution in [1.82, 2.24) is 9.88 Å². The van der Waals surface area contributed by atoms with E-state index in [0.29, 0.717) is 11.8 Å². The van der Waals surface area contributed by atoms with Gasteiger partial charge in [0.25, 0.3) is 0 Å². The molecule has 3 aliphatic rings. The standard InChI is InChI=1S/C19H31N3O2S.C6H12.2C2H2/c1-4-8-16-17(25-18(21-16)13(2)24-3)14-11-20-12-15(14)19(23)22-9-6-5-7-10-22;1-2-4-6-5-3-1;2*1-2/h13-15,20H,4-12H2,1-3H3;1-6H2;2*1-2H/p+1/t13?,14-,15?;;;/m1.../s1. The van der Waals surface area contributed by atoms with Crippen LogP contribution in [0.15, 0.2) is 0 Å². The summed E-state index contributed by atoms with van der Waals surface area (Å²) < 4.78 is 5.48. The van der Waals surface area contributed by atoms with Crippen molar-refractivity contribution in [2.45, 2.75) is 96.5 Å². The Kier molecular flexibility index (Phi) is 16.4. The van der Waals surface area contributed by atoms with Crippen molar-refractivity contribution in [3.63, 3.8) is 0 Å². The smallest absolute Gasteiger partial charge is 0.232 e. The molecule has 0 aromatic carbocycles. The molecule has 3 heterocycles. The molecule has 1 saturated carbocycles. The molecular weight excluding hydrogens is 454 g/mol. The van der Waals surface area contributed by atoms with Crippen LogP contribution < -0.4 is 5.32 Å². The van der Waals surface area contributed by atoms with Gasteiger partial charge in [0, 0.05) is 25.1 Å². The van der Waals surface area contributed by atoms with E-state index >= 15 is 0 Å². The van der Waals surface area contributed by atoms with Crippen molar-refractivity contribution < 1.29 is 14.8 Å². The number of amides is 1. The highest BCUT2D eigenvalue weighted by molar-refractivity contribution is 7.12. The van der Waals surface area contributed by atoms with Gasteiger partial charge in [-0.2, -0.15) is 0 Å². The van der Waals surface area contributed by atoms with Gasteiger partial charge in [0.05, 0.1) is 24.7 Å². The maximum atomic E-state index is 13.1. The molecule has 1 aromatic heterocycles. The molecule has 1 aliphatic carbocycles. The number of hydrogen-bond donors (Lipinski definition) is 1. The number of methoxy groups -OCH3 is 1. The van der Waals surface area contributed by atoms with Gasteiger partial charge >= 0.3 is 0 Å². The lowest BCUT2D eigenvalue weighted by Crippen LogP contribution is -2.81. The number of hydrogen-bond acceptors (Lipinski definition) is 4. The van der Waals surface area contributed by atoms with E-state index in [1.54, 1.807) is 18.4 Å². The summed E-state index contributed by atoms with van der Waals surface area (Å²) in [5.74, 6) is 0.793. The normalized spacial score (nSPS) is 22.3. The van der Waals surface area contributed by atoms with E-state index < -0.39 is 0 Å². The molecule has 196 valence electrons. The van der Waals surface area contributed by atoms with E-state index in [2.05, 4.69) is 49.8 Å². The molecule has 3 atom stereocenters. The van der Waals surface area contributed by atoms with Gasteiger partial charge in [-0.1, -0.05) is 51.9 Å². The highest BCUT2D eigenvalue weighted by atomic mass is 32.1. The second-order valence-corrected chi connectivity index (χ2v) is 10.5. The molecule has 1 amide bonds. The number of carbonyl (C=O) groups excluding carboxylic acids is 1. The van der Waals surface area contributed by atoms with Crippen molar-refractivity contribution in [1.29, 1.82) is 0 Å². The minimum atomic E-state index is 0.0241. The van der Waals surface area contributed by atoms with Crippen LogP contribution in [0.25, 0.3) is 0 Å². The van der Waals surface area contributed by atoms with Crippen LogP contribution in [0.1, 0.15) is 106 Å². The third-order valence-electron chi connectivity index (χ3n) is 7.08. The van der Waals surface area contributed by atoms with Gasteiger partial charge in [-0.3, -0.25) is 4.79 Å². The Morgan fingerprint density at radius 2 is 1.57 bits per heavy atom. The summed E-state index contributed by atoms with van der Waals surface area (Å²) in [4.78, 5) is 21.4. The first-order chi connectivity index (χ1) is 17.2. The lowest BCUT2D eigenvalue weighted by Gasteiger charge is -2.29.